The van der Waals surface area contributed by atoms with Crippen LogP contribution < -0.4 is 16.0 Å². The van der Waals surface area contributed by atoms with Gasteiger partial charge >= 0.3 is 0 Å². The maximum Gasteiger partial charge on any atom is 0.226 e. The molecular formula is C18H29IN4O. The molecule has 1 aromatic rings. The Hall–Kier alpha value is -1.31. The highest BCUT2D eigenvalue weighted by Gasteiger charge is 2.33. The van der Waals surface area contributed by atoms with Crippen LogP contribution in [0.3, 0.4) is 0 Å². The van der Waals surface area contributed by atoms with Crippen molar-refractivity contribution in [3.63, 3.8) is 0 Å². The zero-order chi connectivity index (χ0) is 16.8. The fourth-order valence-corrected chi connectivity index (χ4v) is 2.17. The van der Waals surface area contributed by atoms with Crippen molar-refractivity contribution in [3.05, 3.63) is 29.8 Å². The van der Waals surface area contributed by atoms with Crippen LogP contribution in [0, 0.1) is 11.8 Å². The number of rotatable bonds is 6. The second kappa shape index (κ2) is 9.86. The third-order valence-electron chi connectivity index (χ3n) is 3.94. The van der Waals surface area contributed by atoms with E-state index in [2.05, 4.69) is 34.8 Å². The molecule has 24 heavy (non-hydrogen) atoms. The third kappa shape index (κ3) is 6.67. The Kier molecular flexibility index (Phi) is 8.52. The van der Waals surface area contributed by atoms with Crippen LogP contribution in [-0.2, 0) is 11.3 Å². The molecule has 0 aromatic heterocycles. The van der Waals surface area contributed by atoms with E-state index in [1.165, 1.54) is 6.42 Å². The Bertz CT molecular complexity index is 557. The highest BCUT2D eigenvalue weighted by atomic mass is 127. The number of hydrogen-bond donors (Lipinski definition) is 3. The minimum absolute atomic E-state index is 0. The summed E-state index contributed by atoms with van der Waals surface area (Å²) in [7, 11) is 0. The number of nitrogens with zero attached hydrogens (tertiary/aromatic N) is 1. The van der Waals surface area contributed by atoms with E-state index in [4.69, 9.17) is 0 Å². The van der Waals surface area contributed by atoms with Gasteiger partial charge in [0.25, 0.3) is 0 Å². The largest absolute Gasteiger partial charge is 0.357 e. The molecule has 0 saturated heterocycles. The highest BCUT2D eigenvalue weighted by Crippen LogP contribution is 2.28. The van der Waals surface area contributed by atoms with Crippen LogP contribution in [0.15, 0.2) is 29.3 Å². The van der Waals surface area contributed by atoms with Crippen molar-refractivity contribution in [1.29, 1.82) is 0 Å². The average molecular weight is 444 g/mol. The van der Waals surface area contributed by atoms with E-state index in [9.17, 15) is 4.79 Å². The number of nitrogens with one attached hydrogen (secondary N) is 3. The van der Waals surface area contributed by atoms with E-state index in [1.807, 2.05) is 38.1 Å². The van der Waals surface area contributed by atoms with Gasteiger partial charge in [0.1, 0.15) is 0 Å². The predicted molar refractivity (Wildman–Crippen MR) is 111 cm³/mol. The Morgan fingerprint density at radius 1 is 1.29 bits per heavy atom. The van der Waals surface area contributed by atoms with Gasteiger partial charge in [-0.1, -0.05) is 32.9 Å². The molecule has 1 aliphatic carbocycles. The van der Waals surface area contributed by atoms with Crippen LogP contribution >= 0.6 is 24.0 Å². The number of halogens is 1. The summed E-state index contributed by atoms with van der Waals surface area (Å²) >= 11 is 0. The predicted octanol–water partition coefficient (Wildman–Crippen LogP) is 3.36. The molecule has 1 aromatic carbocycles. The van der Waals surface area contributed by atoms with Gasteiger partial charge in [-0.2, -0.15) is 0 Å². The van der Waals surface area contributed by atoms with Gasteiger partial charge in [-0.15, -0.1) is 24.0 Å². The van der Waals surface area contributed by atoms with Gasteiger partial charge in [0.05, 0.1) is 6.54 Å². The molecule has 1 amide bonds. The summed E-state index contributed by atoms with van der Waals surface area (Å²) in [5.74, 6) is 1.63. The van der Waals surface area contributed by atoms with Gasteiger partial charge in [0.15, 0.2) is 5.96 Å². The lowest BCUT2D eigenvalue weighted by atomic mass is 10.2. The maximum absolute atomic E-state index is 11.7. The standard InChI is InChI=1S/C18H28N4O.HI/c1-5-19-18(22-16-10-13(16)4)20-11-14-6-8-15(9-7-14)21-17(23)12(2)3;/h6-9,12-13,16H,5,10-11H2,1-4H3,(H,21,23)(H2,19,20,22);1H. The van der Waals surface area contributed by atoms with Crippen LogP contribution in [0.1, 0.15) is 39.7 Å². The summed E-state index contributed by atoms with van der Waals surface area (Å²) < 4.78 is 0. The normalized spacial score (nSPS) is 19.5. The number of benzene rings is 1. The minimum atomic E-state index is -0.0159. The van der Waals surface area contributed by atoms with Gasteiger partial charge in [-0.05, 0) is 37.0 Å². The maximum atomic E-state index is 11.7. The minimum Gasteiger partial charge on any atom is -0.357 e. The number of carbonyl (C=O) groups is 1. The van der Waals surface area contributed by atoms with Gasteiger partial charge in [-0.3, -0.25) is 4.79 Å². The van der Waals surface area contributed by atoms with Crippen molar-refractivity contribution in [2.75, 3.05) is 11.9 Å². The summed E-state index contributed by atoms with van der Waals surface area (Å²) in [5.41, 5.74) is 1.95. The number of amides is 1. The molecule has 3 N–H and O–H groups in total. The molecule has 6 heteroatoms. The summed E-state index contributed by atoms with van der Waals surface area (Å²) in [6.07, 6.45) is 1.22. The smallest absolute Gasteiger partial charge is 0.226 e. The lowest BCUT2D eigenvalue weighted by Gasteiger charge is -2.11. The summed E-state index contributed by atoms with van der Waals surface area (Å²) in [6, 6.07) is 8.41. The van der Waals surface area contributed by atoms with E-state index in [0.29, 0.717) is 12.6 Å². The molecule has 0 spiro atoms. The van der Waals surface area contributed by atoms with Gasteiger partial charge in [0, 0.05) is 24.2 Å². The van der Waals surface area contributed by atoms with Crippen molar-refractivity contribution in [1.82, 2.24) is 10.6 Å². The SMILES string of the molecule is CCNC(=NCc1ccc(NC(=O)C(C)C)cc1)NC1CC1C.I. The molecule has 134 valence electrons. The first-order valence-electron chi connectivity index (χ1n) is 8.44. The quantitative estimate of drug-likeness (QED) is 0.358. The van der Waals surface area contributed by atoms with Crippen LogP contribution in [0.4, 0.5) is 5.69 Å². The first-order valence-corrected chi connectivity index (χ1v) is 8.44. The lowest BCUT2D eigenvalue weighted by molar-refractivity contribution is -0.118. The summed E-state index contributed by atoms with van der Waals surface area (Å²) in [5, 5.41) is 9.61. The molecule has 5 nitrogen and oxygen atoms in total. The second-order valence-corrected chi connectivity index (χ2v) is 6.50. The number of aliphatic imine (C=N–C) groups is 1. The monoisotopic (exact) mass is 444 g/mol. The van der Waals surface area contributed by atoms with Crippen LogP contribution in [0.2, 0.25) is 0 Å². The van der Waals surface area contributed by atoms with Gasteiger partial charge < -0.3 is 16.0 Å². The Morgan fingerprint density at radius 2 is 1.92 bits per heavy atom. The molecule has 1 aliphatic rings. The molecule has 1 fully saturated rings. The molecule has 2 rings (SSSR count). The van der Waals surface area contributed by atoms with Crippen molar-refractivity contribution >= 4 is 41.5 Å². The molecule has 0 aliphatic heterocycles. The Balaban J connectivity index is 0.00000288. The van der Waals surface area contributed by atoms with Crippen LogP contribution in [0.25, 0.3) is 0 Å². The second-order valence-electron chi connectivity index (χ2n) is 6.50. The Morgan fingerprint density at radius 3 is 2.42 bits per heavy atom. The highest BCUT2D eigenvalue weighted by molar-refractivity contribution is 14.0. The third-order valence-corrected chi connectivity index (χ3v) is 3.94. The molecule has 2 unspecified atom stereocenters. The first-order chi connectivity index (χ1) is 11.0. The van der Waals surface area contributed by atoms with Gasteiger partial charge in [0.2, 0.25) is 5.91 Å². The first kappa shape index (κ1) is 20.7. The summed E-state index contributed by atoms with van der Waals surface area (Å²) in [4.78, 5) is 16.3. The molecule has 0 bridgehead atoms. The molecule has 2 atom stereocenters. The van der Waals surface area contributed by atoms with Crippen molar-refractivity contribution in [2.24, 2.45) is 16.8 Å². The number of anilines is 1. The van der Waals surface area contributed by atoms with Crippen LogP contribution in [-0.4, -0.2) is 24.5 Å². The topological polar surface area (TPSA) is 65.5 Å². The fourth-order valence-electron chi connectivity index (χ4n) is 2.17. The zero-order valence-corrected chi connectivity index (χ0v) is 17.3. The lowest BCUT2D eigenvalue weighted by Crippen LogP contribution is -2.39. The van der Waals surface area contributed by atoms with E-state index < -0.39 is 0 Å². The number of carbonyl (C=O) groups excluding carboxylic acids is 1. The summed E-state index contributed by atoms with van der Waals surface area (Å²) in [6.45, 7) is 9.55. The van der Waals surface area contributed by atoms with Crippen molar-refractivity contribution in [3.8, 4) is 0 Å². The molecule has 0 radical (unpaired) electrons. The number of hydrogen-bond acceptors (Lipinski definition) is 2. The van der Waals surface area contributed by atoms with Crippen molar-refractivity contribution < 1.29 is 4.79 Å². The van der Waals surface area contributed by atoms with E-state index in [0.717, 1.165) is 29.7 Å². The number of guanidine groups is 1. The molecular weight excluding hydrogens is 415 g/mol. The molecule has 0 heterocycles. The van der Waals surface area contributed by atoms with E-state index in [-0.39, 0.29) is 35.8 Å². The van der Waals surface area contributed by atoms with Gasteiger partial charge in [-0.25, -0.2) is 4.99 Å². The molecule has 1 saturated carbocycles. The zero-order valence-electron chi connectivity index (χ0n) is 14.9. The Labute approximate surface area is 162 Å². The van der Waals surface area contributed by atoms with E-state index in [1.54, 1.807) is 0 Å². The van der Waals surface area contributed by atoms with Crippen LogP contribution in [0.5, 0.6) is 0 Å². The average Bonchev–Trinajstić information content (AvgIpc) is 3.21. The fraction of sp³-hybridized carbons (Fsp3) is 0.556. The van der Waals surface area contributed by atoms with Crippen molar-refractivity contribution in [2.45, 2.75) is 46.7 Å². The van der Waals surface area contributed by atoms with E-state index >= 15 is 0 Å².